The summed E-state index contributed by atoms with van der Waals surface area (Å²) in [5, 5.41) is 0. The van der Waals surface area contributed by atoms with E-state index in [2.05, 4.69) is 11.8 Å². The third-order valence-corrected chi connectivity index (χ3v) is 3.85. The molecule has 1 aliphatic rings. The van der Waals surface area contributed by atoms with Crippen LogP contribution in [-0.2, 0) is 0 Å². The van der Waals surface area contributed by atoms with Crippen LogP contribution in [0.25, 0.3) is 0 Å². The van der Waals surface area contributed by atoms with Crippen molar-refractivity contribution in [3.63, 3.8) is 0 Å². The number of unbranched alkanes of at least 4 members (excludes halogenated alkanes) is 2. The third kappa shape index (κ3) is 3.34. The van der Waals surface area contributed by atoms with Crippen molar-refractivity contribution in [1.82, 2.24) is 4.90 Å². The molecule has 1 radical (unpaired) electrons. The fraction of sp³-hybridized carbons (Fsp3) is 0.533. The van der Waals surface area contributed by atoms with Gasteiger partial charge in [-0.3, -0.25) is 4.90 Å². The number of nitrogens with zero attached hydrogens (tertiary/aromatic N) is 2. The van der Waals surface area contributed by atoms with Gasteiger partial charge in [0.1, 0.15) is 5.69 Å². The van der Waals surface area contributed by atoms with E-state index in [0.717, 1.165) is 25.8 Å². The van der Waals surface area contributed by atoms with Crippen LogP contribution in [0.1, 0.15) is 19.3 Å². The Morgan fingerprint density at radius 2 is 1.23 bits per heavy atom. The van der Waals surface area contributed by atoms with Crippen molar-refractivity contribution in [2.24, 2.45) is 0 Å². The summed E-state index contributed by atoms with van der Waals surface area (Å²) in [6.45, 7) is 6.10. The van der Waals surface area contributed by atoms with Gasteiger partial charge in [-0.25, -0.2) is 22.0 Å². The predicted molar refractivity (Wildman–Crippen MR) is 74.1 cm³/mol. The molecule has 1 heterocycles. The summed E-state index contributed by atoms with van der Waals surface area (Å²) in [7, 11) is 0. The zero-order chi connectivity index (χ0) is 16.3. The molecule has 2 rings (SSSR count). The Morgan fingerprint density at radius 3 is 1.73 bits per heavy atom. The van der Waals surface area contributed by atoms with E-state index in [-0.39, 0.29) is 13.1 Å². The number of rotatable bonds is 5. The molecule has 0 N–H and O–H groups in total. The lowest BCUT2D eigenvalue weighted by Crippen LogP contribution is -2.47. The Hall–Kier alpha value is -1.37. The smallest absolute Gasteiger partial charge is 0.200 e. The van der Waals surface area contributed by atoms with Crippen LogP contribution in [-0.4, -0.2) is 37.6 Å². The lowest BCUT2D eigenvalue weighted by atomic mass is 10.2. The summed E-state index contributed by atoms with van der Waals surface area (Å²) < 4.78 is 67.0. The van der Waals surface area contributed by atoms with Crippen molar-refractivity contribution in [3.8, 4) is 0 Å². The van der Waals surface area contributed by atoms with Crippen LogP contribution in [0.3, 0.4) is 0 Å². The van der Waals surface area contributed by atoms with Crippen molar-refractivity contribution < 1.29 is 22.0 Å². The first-order valence-corrected chi connectivity index (χ1v) is 7.25. The van der Waals surface area contributed by atoms with E-state index in [9.17, 15) is 22.0 Å². The predicted octanol–water partition coefficient (Wildman–Crippen LogP) is 3.51. The van der Waals surface area contributed by atoms with Gasteiger partial charge >= 0.3 is 0 Å². The normalized spacial score (nSPS) is 16.4. The molecule has 22 heavy (non-hydrogen) atoms. The van der Waals surface area contributed by atoms with E-state index in [1.54, 1.807) is 0 Å². The molecule has 0 spiro atoms. The zero-order valence-corrected chi connectivity index (χ0v) is 12.1. The van der Waals surface area contributed by atoms with Gasteiger partial charge in [0.05, 0.1) is 0 Å². The first kappa shape index (κ1) is 17.0. The topological polar surface area (TPSA) is 6.48 Å². The summed E-state index contributed by atoms with van der Waals surface area (Å²) in [5.41, 5.74) is -0.825. The Labute approximate surface area is 126 Å². The molecule has 1 aromatic rings. The molecule has 0 aliphatic carbocycles. The average Bonchev–Trinajstić information content (AvgIpc) is 2.53. The van der Waals surface area contributed by atoms with E-state index in [0.29, 0.717) is 13.1 Å². The van der Waals surface area contributed by atoms with Crippen molar-refractivity contribution in [1.29, 1.82) is 0 Å². The molecule has 0 atom stereocenters. The van der Waals surface area contributed by atoms with E-state index in [4.69, 9.17) is 0 Å². The van der Waals surface area contributed by atoms with E-state index in [1.807, 2.05) is 0 Å². The molecule has 0 aromatic heterocycles. The minimum atomic E-state index is -2.12. The van der Waals surface area contributed by atoms with E-state index in [1.165, 1.54) is 4.90 Å². The van der Waals surface area contributed by atoms with E-state index < -0.39 is 34.8 Å². The van der Waals surface area contributed by atoms with Crippen LogP contribution in [0, 0.1) is 36.0 Å². The van der Waals surface area contributed by atoms with Gasteiger partial charge < -0.3 is 4.90 Å². The highest BCUT2D eigenvalue weighted by Crippen LogP contribution is 2.30. The number of hydrogen-bond donors (Lipinski definition) is 0. The van der Waals surface area contributed by atoms with Crippen LogP contribution < -0.4 is 4.90 Å². The second-order valence-corrected chi connectivity index (χ2v) is 5.31. The van der Waals surface area contributed by atoms with E-state index >= 15 is 0 Å². The SMILES string of the molecule is [CH2]CCCCN1CCN(c2c(F)c(F)c(F)c(F)c2F)CC1. The Balaban J connectivity index is 2.09. The molecule has 2 nitrogen and oxygen atoms in total. The maximum Gasteiger partial charge on any atom is 0.200 e. The lowest BCUT2D eigenvalue weighted by molar-refractivity contribution is 0.250. The monoisotopic (exact) mass is 321 g/mol. The van der Waals surface area contributed by atoms with Gasteiger partial charge in [0, 0.05) is 26.2 Å². The number of piperazine rings is 1. The maximum absolute atomic E-state index is 13.7. The third-order valence-electron chi connectivity index (χ3n) is 3.85. The Kier molecular flexibility index (Phi) is 5.61. The fourth-order valence-corrected chi connectivity index (χ4v) is 2.58. The van der Waals surface area contributed by atoms with Gasteiger partial charge in [0.15, 0.2) is 23.3 Å². The molecule has 0 amide bonds. The second kappa shape index (κ2) is 7.26. The lowest BCUT2D eigenvalue weighted by Gasteiger charge is -2.36. The summed E-state index contributed by atoms with van der Waals surface area (Å²) in [6.07, 6.45) is 2.83. The van der Waals surface area contributed by atoms with Gasteiger partial charge in [-0.05, 0) is 13.0 Å². The number of halogens is 5. The maximum atomic E-state index is 13.7. The van der Waals surface area contributed by atoms with Gasteiger partial charge in [-0.15, -0.1) is 0 Å². The number of benzene rings is 1. The molecular weight excluding hydrogens is 303 g/mol. The minimum Gasteiger partial charge on any atom is -0.364 e. The highest BCUT2D eigenvalue weighted by atomic mass is 19.2. The van der Waals surface area contributed by atoms with Crippen molar-refractivity contribution in [2.45, 2.75) is 19.3 Å². The molecular formula is C15H18F5N2. The standard InChI is InChI=1S/C15H18F5N2/c1-2-3-4-5-21-6-8-22(9-7-21)15-13(19)11(17)10(16)12(18)14(15)20/h1-9H2. The molecule has 0 unspecified atom stereocenters. The van der Waals surface area contributed by atoms with Crippen LogP contribution in [0.2, 0.25) is 0 Å². The first-order valence-electron chi connectivity index (χ1n) is 7.25. The van der Waals surface area contributed by atoms with Crippen LogP contribution >= 0.6 is 0 Å². The van der Waals surface area contributed by atoms with Gasteiger partial charge in [0.25, 0.3) is 0 Å². The molecule has 1 aliphatic heterocycles. The summed E-state index contributed by atoms with van der Waals surface area (Å²) >= 11 is 0. The average molecular weight is 321 g/mol. The van der Waals surface area contributed by atoms with Crippen molar-refractivity contribution >= 4 is 5.69 Å². The van der Waals surface area contributed by atoms with Gasteiger partial charge in [0.2, 0.25) is 5.82 Å². The van der Waals surface area contributed by atoms with Crippen LogP contribution in [0.15, 0.2) is 0 Å². The van der Waals surface area contributed by atoms with Crippen LogP contribution in [0.4, 0.5) is 27.6 Å². The number of anilines is 1. The minimum absolute atomic E-state index is 0.225. The summed E-state index contributed by atoms with van der Waals surface area (Å²) in [4.78, 5) is 3.33. The quantitative estimate of drug-likeness (QED) is 0.354. The first-order chi connectivity index (χ1) is 10.5. The Bertz CT molecular complexity index is 498. The second-order valence-electron chi connectivity index (χ2n) is 5.31. The molecule has 7 heteroatoms. The largest absolute Gasteiger partial charge is 0.364 e. The molecule has 123 valence electrons. The van der Waals surface area contributed by atoms with Gasteiger partial charge in [-0.2, -0.15) is 0 Å². The molecule has 1 aromatic carbocycles. The zero-order valence-electron chi connectivity index (χ0n) is 12.1. The highest BCUT2D eigenvalue weighted by Gasteiger charge is 2.30. The summed E-state index contributed by atoms with van der Waals surface area (Å²) in [5.74, 6) is -9.44. The van der Waals surface area contributed by atoms with Crippen molar-refractivity contribution in [3.05, 3.63) is 36.0 Å². The molecule has 1 saturated heterocycles. The summed E-state index contributed by atoms with van der Waals surface area (Å²) in [6, 6.07) is 0. The molecule has 0 saturated carbocycles. The molecule has 0 bridgehead atoms. The fourth-order valence-electron chi connectivity index (χ4n) is 2.58. The Morgan fingerprint density at radius 1 is 0.727 bits per heavy atom. The van der Waals surface area contributed by atoms with Gasteiger partial charge in [-0.1, -0.05) is 19.8 Å². The van der Waals surface area contributed by atoms with Crippen LogP contribution in [0.5, 0.6) is 0 Å². The molecule has 1 fully saturated rings. The van der Waals surface area contributed by atoms with Crippen molar-refractivity contribution in [2.75, 3.05) is 37.6 Å². The highest BCUT2D eigenvalue weighted by molar-refractivity contribution is 5.51. The number of hydrogen-bond acceptors (Lipinski definition) is 2.